The van der Waals surface area contributed by atoms with Crippen LogP contribution in [0.1, 0.15) is 26.3 Å². The highest BCUT2D eigenvalue weighted by atomic mass is 35.5. The molecule has 1 atom stereocenters. The monoisotopic (exact) mass is 237 g/mol. The smallest absolute Gasteiger partial charge is 0.218 e. The third kappa shape index (κ3) is 2.22. The van der Waals surface area contributed by atoms with Crippen LogP contribution < -0.4 is 0 Å². The summed E-state index contributed by atoms with van der Waals surface area (Å²) < 4.78 is 5.62. The molecule has 2 nitrogen and oxygen atoms in total. The number of hydrogen-bond donors (Lipinski definition) is 0. The van der Waals surface area contributed by atoms with Gasteiger partial charge in [-0.25, -0.2) is 4.99 Å². The number of halogens is 1. The average Bonchev–Trinajstić information content (AvgIpc) is 2.66. The Kier molecular flexibility index (Phi) is 2.94. The van der Waals surface area contributed by atoms with Gasteiger partial charge in [0.05, 0.1) is 16.6 Å². The van der Waals surface area contributed by atoms with Crippen molar-refractivity contribution >= 4 is 17.5 Å². The maximum atomic E-state index is 6.11. The number of hydrogen-bond acceptors (Lipinski definition) is 2. The van der Waals surface area contributed by atoms with Gasteiger partial charge < -0.3 is 4.74 Å². The summed E-state index contributed by atoms with van der Waals surface area (Å²) in [6, 6.07) is 7.85. The van der Waals surface area contributed by atoms with Gasteiger partial charge in [-0.3, -0.25) is 0 Å². The first kappa shape index (κ1) is 11.5. The average molecular weight is 238 g/mol. The second-order valence-corrected chi connectivity index (χ2v) is 5.51. The van der Waals surface area contributed by atoms with Gasteiger partial charge in [0.1, 0.15) is 6.61 Å². The van der Waals surface area contributed by atoms with Crippen LogP contribution in [0.15, 0.2) is 29.3 Å². The normalized spacial score (nSPS) is 20.5. The first-order valence-electron chi connectivity index (χ1n) is 5.44. The lowest BCUT2D eigenvalue weighted by molar-refractivity contribution is 0.236. The quantitative estimate of drug-likeness (QED) is 0.732. The molecular formula is C13H16ClNO. The van der Waals surface area contributed by atoms with E-state index in [-0.39, 0.29) is 11.5 Å². The molecule has 0 N–H and O–H groups in total. The van der Waals surface area contributed by atoms with Crippen molar-refractivity contribution in [2.24, 2.45) is 10.4 Å². The molecule has 0 aromatic heterocycles. The van der Waals surface area contributed by atoms with Crippen molar-refractivity contribution in [3.63, 3.8) is 0 Å². The van der Waals surface area contributed by atoms with Crippen molar-refractivity contribution in [1.82, 2.24) is 0 Å². The molecule has 0 saturated heterocycles. The molecule has 0 saturated carbocycles. The van der Waals surface area contributed by atoms with Gasteiger partial charge in [0, 0.05) is 0 Å². The molecule has 0 unspecified atom stereocenters. The van der Waals surface area contributed by atoms with E-state index in [0.29, 0.717) is 17.5 Å². The van der Waals surface area contributed by atoms with Gasteiger partial charge >= 0.3 is 0 Å². The molecule has 1 aromatic carbocycles. The molecule has 1 aliphatic heterocycles. The van der Waals surface area contributed by atoms with E-state index in [1.54, 1.807) is 0 Å². The fraction of sp³-hybridized carbons (Fsp3) is 0.462. The molecule has 0 amide bonds. The van der Waals surface area contributed by atoms with Gasteiger partial charge in [-0.15, -0.1) is 0 Å². The first-order valence-corrected chi connectivity index (χ1v) is 5.82. The summed E-state index contributed by atoms with van der Waals surface area (Å²) in [5.41, 5.74) is 1.01. The lowest BCUT2D eigenvalue weighted by atomic mass is 9.88. The van der Waals surface area contributed by atoms with Crippen molar-refractivity contribution in [2.75, 3.05) is 6.61 Å². The number of aliphatic imine (C=N–C) groups is 1. The molecule has 16 heavy (non-hydrogen) atoms. The Morgan fingerprint density at radius 2 is 2.00 bits per heavy atom. The summed E-state index contributed by atoms with van der Waals surface area (Å²) in [4.78, 5) is 4.60. The Hall–Kier alpha value is -1.02. The van der Waals surface area contributed by atoms with Crippen molar-refractivity contribution in [1.29, 1.82) is 0 Å². The van der Waals surface area contributed by atoms with Gasteiger partial charge in [-0.2, -0.15) is 0 Å². The first-order chi connectivity index (χ1) is 7.48. The number of rotatable bonds is 1. The Balaban J connectivity index is 2.28. The molecule has 0 radical (unpaired) electrons. The predicted octanol–water partition coefficient (Wildman–Crippen LogP) is 3.53. The summed E-state index contributed by atoms with van der Waals surface area (Å²) in [5.74, 6) is 0.672. The number of nitrogens with zero attached hydrogens (tertiary/aromatic N) is 1. The van der Waals surface area contributed by atoms with E-state index in [1.807, 2.05) is 24.3 Å². The zero-order chi connectivity index (χ0) is 11.8. The van der Waals surface area contributed by atoms with E-state index in [1.165, 1.54) is 0 Å². The van der Waals surface area contributed by atoms with Gasteiger partial charge in [-0.05, 0) is 17.5 Å². The van der Waals surface area contributed by atoms with Crippen LogP contribution in [0.3, 0.4) is 0 Å². The van der Waals surface area contributed by atoms with Crippen LogP contribution in [-0.2, 0) is 4.74 Å². The van der Waals surface area contributed by atoms with Gasteiger partial charge in [0.2, 0.25) is 5.90 Å². The Labute approximate surface area is 101 Å². The Morgan fingerprint density at radius 1 is 1.31 bits per heavy atom. The van der Waals surface area contributed by atoms with Crippen molar-refractivity contribution in [3.05, 3.63) is 34.9 Å². The van der Waals surface area contributed by atoms with Crippen LogP contribution in [-0.4, -0.2) is 18.5 Å². The largest absolute Gasteiger partial charge is 0.475 e. The molecular weight excluding hydrogens is 222 g/mol. The van der Waals surface area contributed by atoms with E-state index < -0.39 is 0 Å². The topological polar surface area (TPSA) is 21.6 Å². The van der Waals surface area contributed by atoms with E-state index in [9.17, 15) is 0 Å². The van der Waals surface area contributed by atoms with Crippen molar-refractivity contribution in [3.8, 4) is 0 Å². The van der Waals surface area contributed by atoms with Crippen LogP contribution >= 0.6 is 11.6 Å². The van der Waals surface area contributed by atoms with E-state index in [0.717, 1.165) is 5.56 Å². The lowest BCUT2D eigenvalue weighted by Crippen LogP contribution is -2.25. The molecule has 0 fully saturated rings. The van der Waals surface area contributed by atoms with Gasteiger partial charge in [0.25, 0.3) is 0 Å². The predicted molar refractivity (Wildman–Crippen MR) is 67.2 cm³/mol. The second kappa shape index (κ2) is 4.10. The fourth-order valence-corrected chi connectivity index (χ4v) is 1.82. The van der Waals surface area contributed by atoms with Crippen LogP contribution in [0.4, 0.5) is 0 Å². The molecule has 86 valence electrons. The van der Waals surface area contributed by atoms with E-state index in [4.69, 9.17) is 16.3 Å². The van der Waals surface area contributed by atoms with Crippen LogP contribution in [0.2, 0.25) is 5.02 Å². The third-order valence-electron chi connectivity index (χ3n) is 2.75. The van der Waals surface area contributed by atoms with Gasteiger partial charge in [-0.1, -0.05) is 44.5 Å². The third-order valence-corrected chi connectivity index (χ3v) is 3.08. The van der Waals surface area contributed by atoms with E-state index >= 15 is 0 Å². The summed E-state index contributed by atoms with van der Waals surface area (Å²) in [7, 11) is 0. The summed E-state index contributed by atoms with van der Waals surface area (Å²) in [6.45, 7) is 7.14. The molecule has 1 heterocycles. The van der Waals surface area contributed by atoms with Crippen molar-refractivity contribution < 1.29 is 4.74 Å². The maximum Gasteiger partial charge on any atom is 0.218 e. The molecule has 1 aliphatic rings. The maximum absolute atomic E-state index is 6.11. The molecule has 0 bridgehead atoms. The molecule has 3 heteroatoms. The minimum Gasteiger partial charge on any atom is -0.475 e. The zero-order valence-corrected chi connectivity index (χ0v) is 10.6. The van der Waals surface area contributed by atoms with E-state index in [2.05, 4.69) is 25.8 Å². The highest BCUT2D eigenvalue weighted by Gasteiger charge is 2.31. The van der Waals surface area contributed by atoms with Crippen LogP contribution in [0, 0.1) is 5.41 Å². The summed E-state index contributed by atoms with van der Waals surface area (Å²) in [6.07, 6.45) is 0. The molecule has 2 rings (SSSR count). The minimum absolute atomic E-state index is 0.128. The summed E-state index contributed by atoms with van der Waals surface area (Å²) in [5, 5.41) is 0.691. The van der Waals surface area contributed by atoms with Gasteiger partial charge in [0.15, 0.2) is 0 Å². The van der Waals surface area contributed by atoms with Crippen LogP contribution in [0.25, 0.3) is 0 Å². The second-order valence-electron chi connectivity index (χ2n) is 5.11. The molecule has 0 spiro atoms. The Bertz CT molecular complexity index is 420. The number of benzene rings is 1. The van der Waals surface area contributed by atoms with Crippen molar-refractivity contribution in [2.45, 2.75) is 26.8 Å². The Morgan fingerprint density at radius 3 is 2.56 bits per heavy atom. The number of ether oxygens (including phenoxy) is 1. The SMILES string of the molecule is CC(C)(C)[C@@H]1COC(c2ccccc2Cl)=N1. The summed E-state index contributed by atoms with van der Waals surface area (Å²) >= 11 is 6.11. The molecule has 1 aromatic rings. The zero-order valence-electron chi connectivity index (χ0n) is 9.83. The standard InChI is InChI=1S/C13H16ClNO/c1-13(2,3)11-8-16-12(15-11)9-6-4-5-7-10(9)14/h4-7,11H,8H2,1-3H3/t11-/m0/s1. The fourth-order valence-electron chi connectivity index (χ4n) is 1.60. The highest BCUT2D eigenvalue weighted by molar-refractivity contribution is 6.33. The minimum atomic E-state index is 0.128. The highest BCUT2D eigenvalue weighted by Crippen LogP contribution is 2.28. The van der Waals surface area contributed by atoms with Crippen LogP contribution in [0.5, 0.6) is 0 Å². The lowest BCUT2D eigenvalue weighted by Gasteiger charge is -2.21. The molecule has 0 aliphatic carbocycles.